The van der Waals surface area contributed by atoms with Crippen LogP contribution in [0.1, 0.15) is 59.3 Å². The zero-order valence-electron chi connectivity index (χ0n) is 17.3. The molecule has 9 nitrogen and oxygen atoms in total. The largest absolute Gasteiger partial charge is 0.467 e. The van der Waals surface area contributed by atoms with Crippen molar-refractivity contribution < 1.29 is 38.1 Å². The highest BCUT2D eigenvalue weighted by molar-refractivity contribution is 6.14. The van der Waals surface area contributed by atoms with Gasteiger partial charge in [0, 0.05) is 0 Å². The maximum absolute atomic E-state index is 12.6. The Bertz CT molecular complexity index is 500. The topological polar surface area (TPSA) is 131 Å². The van der Waals surface area contributed by atoms with Gasteiger partial charge in [-0.2, -0.15) is 0 Å². The molecular formula is C19H33NO8. The fourth-order valence-corrected chi connectivity index (χ4v) is 2.19. The van der Waals surface area contributed by atoms with E-state index >= 15 is 0 Å². The normalized spacial score (nSPS) is 12.8. The van der Waals surface area contributed by atoms with E-state index in [2.05, 4.69) is 4.74 Å². The Morgan fingerprint density at radius 1 is 0.750 bits per heavy atom. The van der Waals surface area contributed by atoms with Crippen LogP contribution in [0, 0.1) is 5.92 Å². The minimum Gasteiger partial charge on any atom is -0.467 e. The summed E-state index contributed by atoms with van der Waals surface area (Å²) in [5.41, 5.74) is 3.28. The third kappa shape index (κ3) is 7.46. The molecule has 0 aromatic carbocycles. The average Bonchev–Trinajstić information content (AvgIpc) is 2.67. The number of hydrogen-bond acceptors (Lipinski definition) is 9. The molecule has 2 N–H and O–H groups in total. The molecule has 0 aliphatic heterocycles. The van der Waals surface area contributed by atoms with Crippen molar-refractivity contribution in [2.45, 2.75) is 64.8 Å². The van der Waals surface area contributed by atoms with Gasteiger partial charge in [-0.25, -0.2) is 9.59 Å². The van der Waals surface area contributed by atoms with Crippen molar-refractivity contribution in [3.63, 3.8) is 0 Å². The lowest BCUT2D eigenvalue weighted by Crippen LogP contribution is -2.66. The first-order valence-electron chi connectivity index (χ1n) is 9.68. The molecule has 9 heteroatoms. The lowest BCUT2D eigenvalue weighted by Gasteiger charge is -2.29. The highest BCUT2D eigenvalue weighted by Gasteiger charge is 2.60. The molecule has 0 radical (unpaired) electrons. The van der Waals surface area contributed by atoms with Crippen LogP contribution in [0.5, 0.6) is 0 Å². The van der Waals surface area contributed by atoms with Crippen LogP contribution in [-0.2, 0) is 38.1 Å². The second-order valence-electron chi connectivity index (χ2n) is 6.33. The second kappa shape index (κ2) is 13.9. The number of esters is 4. The van der Waals surface area contributed by atoms with Gasteiger partial charge in [-0.3, -0.25) is 9.59 Å². The van der Waals surface area contributed by atoms with Gasteiger partial charge in [-0.1, -0.05) is 40.0 Å². The van der Waals surface area contributed by atoms with Crippen molar-refractivity contribution in [3.8, 4) is 0 Å². The van der Waals surface area contributed by atoms with Crippen LogP contribution in [0.4, 0.5) is 0 Å². The molecule has 28 heavy (non-hydrogen) atoms. The number of ether oxygens (including phenoxy) is 4. The summed E-state index contributed by atoms with van der Waals surface area (Å²) < 4.78 is 19.7. The van der Waals surface area contributed by atoms with Gasteiger partial charge in [0.05, 0.1) is 26.9 Å². The zero-order valence-corrected chi connectivity index (χ0v) is 17.3. The highest BCUT2D eigenvalue weighted by atomic mass is 16.6. The summed E-state index contributed by atoms with van der Waals surface area (Å²) in [5.74, 6) is -6.80. The lowest BCUT2D eigenvalue weighted by atomic mass is 9.84. The van der Waals surface area contributed by atoms with Gasteiger partial charge in [0.25, 0.3) is 0 Å². The molecule has 0 aliphatic carbocycles. The highest BCUT2D eigenvalue weighted by Crippen LogP contribution is 2.23. The first-order valence-corrected chi connectivity index (χ1v) is 9.68. The number of methoxy groups -OCH3 is 1. The summed E-state index contributed by atoms with van der Waals surface area (Å²) in [7, 11) is 0.991. The Hall–Kier alpha value is -2.16. The second-order valence-corrected chi connectivity index (χ2v) is 6.33. The molecule has 162 valence electrons. The Labute approximate surface area is 166 Å². The standard InChI is InChI=1S/C19H33NO8/c1-5-8-11-26-15(21)14(16(22)27-12-9-6-2)19(20,17(23)25-4)18(24)28-13-10-7-3/h14H,5-13,20H2,1-4H3. The molecule has 0 amide bonds. The summed E-state index contributed by atoms with van der Waals surface area (Å²) in [5, 5.41) is 0. The molecule has 0 aromatic heterocycles. The maximum atomic E-state index is 12.6. The quantitative estimate of drug-likeness (QED) is 0.198. The summed E-state index contributed by atoms with van der Waals surface area (Å²) in [6.45, 7) is 5.65. The van der Waals surface area contributed by atoms with Gasteiger partial charge in [-0.15, -0.1) is 0 Å². The first kappa shape index (κ1) is 25.8. The molecule has 0 bridgehead atoms. The van der Waals surface area contributed by atoms with Gasteiger partial charge in [0.1, 0.15) is 0 Å². The SMILES string of the molecule is CCCCOC(=O)C(C(=O)OCCCC)C(N)(C(=O)OC)C(=O)OCCCC. The summed E-state index contributed by atoms with van der Waals surface area (Å²) in [6.07, 6.45) is 3.81. The van der Waals surface area contributed by atoms with E-state index < -0.39 is 35.3 Å². The number of unbranched alkanes of at least 4 members (excludes halogenated alkanes) is 3. The fourth-order valence-electron chi connectivity index (χ4n) is 2.19. The Morgan fingerprint density at radius 2 is 1.14 bits per heavy atom. The predicted molar refractivity (Wildman–Crippen MR) is 100 cm³/mol. The van der Waals surface area contributed by atoms with E-state index in [0.29, 0.717) is 19.3 Å². The molecule has 0 saturated heterocycles. The number of carbonyl (C=O) groups is 4. The third-order valence-electron chi connectivity index (χ3n) is 4.00. The molecule has 1 atom stereocenters. The van der Waals surface area contributed by atoms with Crippen LogP contribution in [0.15, 0.2) is 0 Å². The fraction of sp³-hybridized carbons (Fsp3) is 0.789. The van der Waals surface area contributed by atoms with E-state index in [4.69, 9.17) is 19.9 Å². The minimum absolute atomic E-state index is 0.0101. The van der Waals surface area contributed by atoms with Gasteiger partial charge in [-0.05, 0) is 19.3 Å². The van der Waals surface area contributed by atoms with Crippen molar-refractivity contribution >= 4 is 23.9 Å². The first-order chi connectivity index (χ1) is 13.3. The number of hydrogen-bond donors (Lipinski definition) is 1. The minimum atomic E-state index is -2.70. The molecular weight excluding hydrogens is 370 g/mol. The van der Waals surface area contributed by atoms with Gasteiger partial charge >= 0.3 is 23.9 Å². The summed E-state index contributed by atoms with van der Waals surface area (Å²) in [4.78, 5) is 50.1. The number of rotatable bonds is 14. The number of nitrogens with two attached hydrogens (primary N) is 1. The predicted octanol–water partition coefficient (Wildman–Crippen LogP) is 1.50. The summed E-state index contributed by atoms with van der Waals surface area (Å²) in [6, 6.07) is 0. The van der Waals surface area contributed by atoms with Gasteiger partial charge in [0.2, 0.25) is 5.54 Å². The molecule has 0 spiro atoms. The molecule has 0 fully saturated rings. The Balaban J connectivity index is 5.78. The van der Waals surface area contributed by atoms with Crippen molar-refractivity contribution in [1.82, 2.24) is 0 Å². The van der Waals surface area contributed by atoms with Gasteiger partial charge in [0.15, 0.2) is 5.92 Å². The van der Waals surface area contributed by atoms with Crippen LogP contribution < -0.4 is 5.73 Å². The van der Waals surface area contributed by atoms with E-state index in [-0.39, 0.29) is 19.8 Å². The lowest BCUT2D eigenvalue weighted by molar-refractivity contribution is -0.181. The Morgan fingerprint density at radius 3 is 1.50 bits per heavy atom. The van der Waals surface area contributed by atoms with Gasteiger partial charge < -0.3 is 24.7 Å². The molecule has 0 aromatic rings. The van der Waals surface area contributed by atoms with E-state index in [9.17, 15) is 19.2 Å². The zero-order chi connectivity index (χ0) is 21.6. The van der Waals surface area contributed by atoms with Crippen molar-refractivity contribution in [2.24, 2.45) is 11.7 Å². The third-order valence-corrected chi connectivity index (χ3v) is 4.00. The van der Waals surface area contributed by atoms with Crippen LogP contribution in [0.25, 0.3) is 0 Å². The monoisotopic (exact) mass is 403 g/mol. The van der Waals surface area contributed by atoms with E-state index in [1.165, 1.54) is 0 Å². The number of carbonyl (C=O) groups excluding carboxylic acids is 4. The van der Waals surface area contributed by atoms with Crippen molar-refractivity contribution in [1.29, 1.82) is 0 Å². The van der Waals surface area contributed by atoms with Crippen LogP contribution in [-0.4, -0.2) is 56.3 Å². The average molecular weight is 403 g/mol. The van der Waals surface area contributed by atoms with E-state index in [1.54, 1.807) is 0 Å². The molecule has 1 unspecified atom stereocenters. The maximum Gasteiger partial charge on any atom is 0.339 e. The summed E-state index contributed by atoms with van der Waals surface area (Å²) >= 11 is 0. The van der Waals surface area contributed by atoms with Crippen molar-refractivity contribution in [2.75, 3.05) is 26.9 Å². The van der Waals surface area contributed by atoms with Crippen LogP contribution in [0.3, 0.4) is 0 Å². The van der Waals surface area contributed by atoms with Crippen molar-refractivity contribution in [3.05, 3.63) is 0 Å². The molecule has 0 saturated carbocycles. The Kier molecular flexibility index (Phi) is 12.9. The van der Waals surface area contributed by atoms with Crippen LogP contribution >= 0.6 is 0 Å². The molecule has 0 aliphatic rings. The smallest absolute Gasteiger partial charge is 0.339 e. The van der Waals surface area contributed by atoms with E-state index in [0.717, 1.165) is 26.4 Å². The van der Waals surface area contributed by atoms with Crippen LogP contribution in [0.2, 0.25) is 0 Å². The molecule has 0 rings (SSSR count). The molecule has 0 heterocycles. The van der Waals surface area contributed by atoms with E-state index in [1.807, 2.05) is 20.8 Å².